The van der Waals surface area contributed by atoms with Gasteiger partial charge in [-0.2, -0.15) is 0 Å². The third-order valence-corrected chi connectivity index (χ3v) is 3.58. The van der Waals surface area contributed by atoms with Crippen LogP contribution in [0.3, 0.4) is 0 Å². The van der Waals surface area contributed by atoms with Gasteiger partial charge in [-0.1, -0.05) is 48.7 Å². The average Bonchev–Trinajstić information content (AvgIpc) is 2.27. The minimum absolute atomic E-state index is 0.0668. The quantitative estimate of drug-likeness (QED) is 0.693. The highest BCUT2D eigenvalue weighted by molar-refractivity contribution is 9.10. The van der Waals surface area contributed by atoms with Gasteiger partial charge in [-0.05, 0) is 37.9 Å². The van der Waals surface area contributed by atoms with Crippen LogP contribution < -0.4 is 5.32 Å². The first kappa shape index (κ1) is 15.6. The second kappa shape index (κ2) is 7.90. The van der Waals surface area contributed by atoms with Crippen molar-refractivity contribution < 1.29 is 4.39 Å². The highest BCUT2D eigenvalue weighted by Gasteiger charge is 2.10. The lowest BCUT2D eigenvalue weighted by Crippen LogP contribution is -2.20. The second-order valence-corrected chi connectivity index (χ2v) is 6.15. The van der Waals surface area contributed by atoms with Crippen LogP contribution in [0.1, 0.15) is 51.6 Å². The molecule has 18 heavy (non-hydrogen) atoms. The molecule has 1 nitrogen and oxygen atoms in total. The number of benzene rings is 1. The van der Waals surface area contributed by atoms with Crippen molar-refractivity contribution in [1.29, 1.82) is 0 Å². The molecule has 1 aromatic carbocycles. The minimum Gasteiger partial charge on any atom is -0.310 e. The molecule has 102 valence electrons. The van der Waals surface area contributed by atoms with Crippen LogP contribution in [0.15, 0.2) is 22.7 Å². The Morgan fingerprint density at radius 3 is 2.56 bits per heavy atom. The van der Waals surface area contributed by atoms with E-state index in [1.165, 1.54) is 18.9 Å². The largest absolute Gasteiger partial charge is 0.310 e. The number of unbranched alkanes of at least 4 members (excludes halogenated alkanes) is 1. The summed E-state index contributed by atoms with van der Waals surface area (Å²) >= 11 is 3.27. The van der Waals surface area contributed by atoms with Crippen molar-refractivity contribution in [3.05, 3.63) is 34.1 Å². The van der Waals surface area contributed by atoms with Crippen LogP contribution in [-0.2, 0) is 0 Å². The Kier molecular flexibility index (Phi) is 6.87. The third kappa shape index (κ3) is 5.49. The summed E-state index contributed by atoms with van der Waals surface area (Å²) in [4.78, 5) is 0. The van der Waals surface area contributed by atoms with Crippen LogP contribution in [0, 0.1) is 11.7 Å². The van der Waals surface area contributed by atoms with Crippen molar-refractivity contribution in [2.75, 3.05) is 6.54 Å². The summed E-state index contributed by atoms with van der Waals surface area (Å²) in [6, 6.07) is 5.31. The number of hydrogen-bond acceptors (Lipinski definition) is 1. The van der Waals surface area contributed by atoms with Crippen LogP contribution in [0.2, 0.25) is 0 Å². The van der Waals surface area contributed by atoms with Crippen LogP contribution in [0.25, 0.3) is 0 Å². The van der Waals surface area contributed by atoms with Crippen LogP contribution in [0.5, 0.6) is 0 Å². The zero-order chi connectivity index (χ0) is 13.5. The Bertz CT molecular complexity index is 366. The van der Waals surface area contributed by atoms with Crippen LogP contribution >= 0.6 is 15.9 Å². The zero-order valence-electron chi connectivity index (χ0n) is 11.5. The number of nitrogens with one attached hydrogen (secondary N) is 1. The van der Waals surface area contributed by atoms with Gasteiger partial charge in [0.05, 0.1) is 0 Å². The van der Waals surface area contributed by atoms with Gasteiger partial charge in [-0.25, -0.2) is 4.39 Å². The fourth-order valence-corrected chi connectivity index (χ4v) is 2.29. The van der Waals surface area contributed by atoms with Crippen LogP contribution in [0.4, 0.5) is 4.39 Å². The van der Waals surface area contributed by atoms with Crippen molar-refractivity contribution in [3.63, 3.8) is 0 Å². The predicted molar refractivity (Wildman–Crippen MR) is 79.2 cm³/mol. The summed E-state index contributed by atoms with van der Waals surface area (Å²) < 4.78 is 14.5. The molecule has 1 aromatic rings. The molecule has 0 saturated heterocycles. The SMILES string of the molecule is CC(C)CCCCNC(C)c1ccc(Br)cc1F. The molecule has 0 amide bonds. The molecule has 1 unspecified atom stereocenters. The topological polar surface area (TPSA) is 12.0 Å². The Balaban J connectivity index is 2.34. The van der Waals surface area contributed by atoms with E-state index in [2.05, 4.69) is 35.1 Å². The maximum atomic E-state index is 13.7. The molecule has 0 heterocycles. The van der Waals surface area contributed by atoms with Gasteiger partial charge in [0.25, 0.3) is 0 Å². The summed E-state index contributed by atoms with van der Waals surface area (Å²) in [6.45, 7) is 7.44. The number of rotatable bonds is 7. The fraction of sp³-hybridized carbons (Fsp3) is 0.600. The van der Waals surface area contributed by atoms with Crippen molar-refractivity contribution >= 4 is 15.9 Å². The van der Waals surface area contributed by atoms with Gasteiger partial charge in [-0.15, -0.1) is 0 Å². The van der Waals surface area contributed by atoms with E-state index < -0.39 is 0 Å². The third-order valence-electron chi connectivity index (χ3n) is 3.09. The summed E-state index contributed by atoms with van der Waals surface area (Å²) in [5, 5.41) is 3.38. The summed E-state index contributed by atoms with van der Waals surface area (Å²) in [5.74, 6) is 0.623. The Morgan fingerprint density at radius 2 is 1.94 bits per heavy atom. The van der Waals surface area contributed by atoms with Crippen LogP contribution in [-0.4, -0.2) is 6.54 Å². The highest BCUT2D eigenvalue weighted by atomic mass is 79.9. The summed E-state index contributed by atoms with van der Waals surface area (Å²) in [5.41, 5.74) is 0.738. The number of hydrogen-bond donors (Lipinski definition) is 1. The standard InChI is InChI=1S/C15H23BrFN/c1-11(2)6-4-5-9-18-12(3)14-8-7-13(16)10-15(14)17/h7-8,10-12,18H,4-6,9H2,1-3H3. The first-order chi connectivity index (χ1) is 8.50. The smallest absolute Gasteiger partial charge is 0.129 e. The van der Waals surface area contributed by atoms with Gasteiger partial charge in [0.15, 0.2) is 0 Å². The van der Waals surface area contributed by atoms with Gasteiger partial charge >= 0.3 is 0 Å². The van der Waals surface area contributed by atoms with Gasteiger partial charge < -0.3 is 5.32 Å². The van der Waals surface area contributed by atoms with E-state index in [0.29, 0.717) is 0 Å². The molecule has 1 rings (SSSR count). The second-order valence-electron chi connectivity index (χ2n) is 5.23. The van der Waals surface area contributed by atoms with E-state index in [4.69, 9.17) is 0 Å². The molecule has 0 aromatic heterocycles. The molecule has 1 N–H and O–H groups in total. The first-order valence-corrected chi connectivity index (χ1v) is 7.48. The average molecular weight is 316 g/mol. The Labute approximate surface area is 118 Å². The lowest BCUT2D eigenvalue weighted by molar-refractivity contribution is 0.486. The lowest BCUT2D eigenvalue weighted by Gasteiger charge is -2.15. The van der Waals surface area contributed by atoms with Crippen molar-refractivity contribution in [2.45, 2.75) is 46.1 Å². The van der Waals surface area contributed by atoms with Gasteiger partial charge in [0, 0.05) is 16.1 Å². The molecule has 0 spiro atoms. The van der Waals surface area contributed by atoms with Crippen molar-refractivity contribution in [3.8, 4) is 0 Å². The van der Waals surface area contributed by atoms with Gasteiger partial charge in [0.2, 0.25) is 0 Å². The van der Waals surface area contributed by atoms with E-state index in [0.717, 1.165) is 28.9 Å². The number of halogens is 2. The Morgan fingerprint density at radius 1 is 1.22 bits per heavy atom. The molecule has 1 atom stereocenters. The van der Waals surface area contributed by atoms with E-state index in [1.54, 1.807) is 0 Å². The first-order valence-electron chi connectivity index (χ1n) is 6.69. The maximum absolute atomic E-state index is 13.7. The van der Waals surface area contributed by atoms with Gasteiger partial charge in [-0.3, -0.25) is 0 Å². The summed E-state index contributed by atoms with van der Waals surface area (Å²) in [6.07, 6.45) is 3.66. The van der Waals surface area contributed by atoms with Crippen molar-refractivity contribution in [2.24, 2.45) is 5.92 Å². The minimum atomic E-state index is -0.147. The Hall–Kier alpha value is -0.410. The molecule has 0 fully saturated rings. The molecule has 0 aliphatic carbocycles. The zero-order valence-corrected chi connectivity index (χ0v) is 13.1. The summed E-state index contributed by atoms with van der Waals surface area (Å²) in [7, 11) is 0. The van der Waals surface area contributed by atoms with E-state index >= 15 is 0 Å². The molecule has 0 aliphatic rings. The lowest BCUT2D eigenvalue weighted by atomic mass is 10.1. The molecule has 0 aliphatic heterocycles. The van der Waals surface area contributed by atoms with Gasteiger partial charge in [0.1, 0.15) is 5.82 Å². The molecule has 0 bridgehead atoms. The molecule has 0 radical (unpaired) electrons. The maximum Gasteiger partial charge on any atom is 0.129 e. The van der Waals surface area contributed by atoms with E-state index in [-0.39, 0.29) is 11.9 Å². The monoisotopic (exact) mass is 315 g/mol. The van der Waals surface area contributed by atoms with Crippen molar-refractivity contribution in [1.82, 2.24) is 5.32 Å². The molecular weight excluding hydrogens is 293 g/mol. The molecular formula is C15H23BrFN. The molecule has 3 heteroatoms. The van der Waals surface area contributed by atoms with E-state index in [1.807, 2.05) is 19.1 Å². The normalized spacial score (nSPS) is 13.0. The van der Waals surface area contributed by atoms with E-state index in [9.17, 15) is 4.39 Å². The predicted octanol–water partition coefficient (Wildman–Crippen LogP) is 5.07. The fourth-order valence-electron chi connectivity index (χ4n) is 1.96. The highest BCUT2D eigenvalue weighted by Crippen LogP contribution is 2.20. The molecule has 0 saturated carbocycles.